The van der Waals surface area contributed by atoms with E-state index in [4.69, 9.17) is 4.42 Å². The predicted molar refractivity (Wildman–Crippen MR) is 125 cm³/mol. The Morgan fingerprint density at radius 1 is 1.09 bits per heavy atom. The molecule has 3 heterocycles. The second-order valence-corrected chi connectivity index (χ2v) is 8.29. The molecule has 9 nitrogen and oxygen atoms in total. The van der Waals surface area contributed by atoms with Gasteiger partial charge in [-0.15, -0.1) is 11.3 Å². The van der Waals surface area contributed by atoms with E-state index in [1.807, 2.05) is 0 Å². The van der Waals surface area contributed by atoms with E-state index < -0.39 is 11.8 Å². The molecule has 0 saturated heterocycles. The largest absolute Gasteiger partial charge is 0.462 e. The highest BCUT2D eigenvalue weighted by Gasteiger charge is 2.18. The van der Waals surface area contributed by atoms with E-state index in [1.165, 1.54) is 16.0 Å². The molecule has 0 bridgehead atoms. The fourth-order valence-electron chi connectivity index (χ4n) is 3.36. The van der Waals surface area contributed by atoms with Crippen LogP contribution in [-0.2, 0) is 17.8 Å². The quantitative estimate of drug-likeness (QED) is 0.304. The molecule has 33 heavy (non-hydrogen) atoms. The van der Waals surface area contributed by atoms with Crippen molar-refractivity contribution in [2.45, 2.75) is 39.2 Å². The van der Waals surface area contributed by atoms with Crippen molar-refractivity contribution in [1.82, 2.24) is 25.6 Å². The minimum atomic E-state index is -0.599. The Bertz CT molecular complexity index is 1330. The third-order valence-electron chi connectivity index (χ3n) is 5.00. The van der Waals surface area contributed by atoms with Crippen LogP contribution in [0.15, 0.2) is 57.3 Å². The van der Waals surface area contributed by atoms with Crippen LogP contribution < -0.4 is 16.4 Å². The van der Waals surface area contributed by atoms with Gasteiger partial charge in [0, 0.05) is 17.3 Å². The van der Waals surface area contributed by atoms with Gasteiger partial charge in [0.2, 0.25) is 5.91 Å². The summed E-state index contributed by atoms with van der Waals surface area (Å²) in [6.45, 7) is 2.49. The number of amides is 2. The molecule has 0 atom stereocenters. The van der Waals surface area contributed by atoms with E-state index in [1.54, 1.807) is 48.0 Å². The van der Waals surface area contributed by atoms with Crippen molar-refractivity contribution in [3.05, 3.63) is 69.8 Å². The van der Waals surface area contributed by atoms with Crippen molar-refractivity contribution in [2.75, 3.05) is 0 Å². The van der Waals surface area contributed by atoms with Gasteiger partial charge in [0.05, 0.1) is 23.8 Å². The van der Waals surface area contributed by atoms with Crippen molar-refractivity contribution in [2.24, 2.45) is 0 Å². The summed E-state index contributed by atoms with van der Waals surface area (Å²) in [4.78, 5) is 42.3. The van der Waals surface area contributed by atoms with Gasteiger partial charge >= 0.3 is 0 Å². The molecule has 0 aliphatic rings. The van der Waals surface area contributed by atoms with Crippen molar-refractivity contribution >= 4 is 33.9 Å². The van der Waals surface area contributed by atoms with Gasteiger partial charge in [-0.25, -0.2) is 9.67 Å². The summed E-state index contributed by atoms with van der Waals surface area (Å²) >= 11 is 1.37. The summed E-state index contributed by atoms with van der Waals surface area (Å²) in [6.07, 6.45) is 4.29. The lowest BCUT2D eigenvalue weighted by Crippen LogP contribution is -2.43. The zero-order chi connectivity index (χ0) is 23.2. The van der Waals surface area contributed by atoms with Crippen LogP contribution in [0.25, 0.3) is 21.5 Å². The number of carbonyl (C=O) groups is 2. The number of thiazole rings is 1. The van der Waals surface area contributed by atoms with E-state index >= 15 is 0 Å². The Morgan fingerprint density at radius 3 is 2.67 bits per heavy atom. The zero-order valence-electron chi connectivity index (χ0n) is 18.0. The van der Waals surface area contributed by atoms with Gasteiger partial charge in [0.15, 0.2) is 16.5 Å². The monoisotopic (exact) mass is 465 g/mol. The van der Waals surface area contributed by atoms with Crippen LogP contribution in [0, 0.1) is 0 Å². The number of benzene rings is 1. The molecule has 4 rings (SSSR count). The summed E-state index contributed by atoms with van der Waals surface area (Å²) in [5.74, 6) is -0.398. The second kappa shape index (κ2) is 10.2. The molecule has 0 unspecified atom stereocenters. The SMILES string of the molecule is CCCCCn1nc(C(=O)NNC(=O)Cc2csc(-c3ccco3)n2)c2ccccc2c1=O. The molecule has 3 aromatic heterocycles. The summed E-state index contributed by atoms with van der Waals surface area (Å²) in [7, 11) is 0. The second-order valence-electron chi connectivity index (χ2n) is 7.43. The van der Waals surface area contributed by atoms with Gasteiger partial charge in [0.25, 0.3) is 11.5 Å². The maximum absolute atomic E-state index is 12.8. The molecule has 0 spiro atoms. The first-order valence-corrected chi connectivity index (χ1v) is 11.5. The molecule has 0 aliphatic carbocycles. The molecule has 0 radical (unpaired) electrons. The van der Waals surface area contributed by atoms with Crippen LogP contribution >= 0.6 is 11.3 Å². The van der Waals surface area contributed by atoms with E-state index in [9.17, 15) is 14.4 Å². The molecule has 4 aromatic rings. The lowest BCUT2D eigenvalue weighted by Gasteiger charge is -2.11. The minimum Gasteiger partial charge on any atom is -0.462 e. The molecule has 2 amide bonds. The molecule has 1 aromatic carbocycles. The smallest absolute Gasteiger partial charge is 0.290 e. The molecular formula is C23H23N5O4S. The van der Waals surface area contributed by atoms with Gasteiger partial charge in [-0.3, -0.25) is 25.2 Å². The molecule has 0 aliphatic heterocycles. The summed E-state index contributed by atoms with van der Waals surface area (Å²) in [5, 5.41) is 7.57. The maximum Gasteiger partial charge on any atom is 0.290 e. The maximum atomic E-state index is 12.8. The highest BCUT2D eigenvalue weighted by atomic mass is 32.1. The van der Waals surface area contributed by atoms with Crippen LogP contribution in [0.4, 0.5) is 0 Å². The number of fused-ring (bicyclic) bond motifs is 1. The number of furan rings is 1. The average molecular weight is 466 g/mol. The topological polar surface area (TPSA) is 119 Å². The average Bonchev–Trinajstić information content (AvgIpc) is 3.51. The summed E-state index contributed by atoms with van der Waals surface area (Å²) < 4.78 is 6.63. The minimum absolute atomic E-state index is 0.0117. The number of aromatic nitrogens is 3. The highest BCUT2D eigenvalue weighted by Crippen LogP contribution is 2.24. The van der Waals surface area contributed by atoms with Gasteiger partial charge in [-0.2, -0.15) is 5.10 Å². The summed E-state index contributed by atoms with van der Waals surface area (Å²) in [6, 6.07) is 10.4. The normalized spacial score (nSPS) is 10.9. The number of nitrogens with zero attached hydrogens (tertiary/aromatic N) is 3. The molecule has 2 N–H and O–H groups in total. The molecule has 0 fully saturated rings. The van der Waals surface area contributed by atoms with Crippen molar-refractivity contribution in [3.8, 4) is 10.8 Å². The standard InChI is InChI=1S/C23H23N5O4S/c1-2-3-6-11-28-23(31)17-9-5-4-8-16(17)20(27-28)21(30)26-25-19(29)13-15-14-33-22(24-15)18-10-7-12-32-18/h4-5,7-10,12,14H,2-3,6,11,13H2,1H3,(H,25,29)(H,26,30). The Hall–Kier alpha value is -3.79. The summed E-state index contributed by atoms with van der Waals surface area (Å²) in [5.41, 5.74) is 5.20. The van der Waals surface area contributed by atoms with Crippen LogP contribution in [0.2, 0.25) is 0 Å². The fraction of sp³-hybridized carbons (Fsp3) is 0.261. The van der Waals surface area contributed by atoms with E-state index in [0.717, 1.165) is 19.3 Å². The first-order chi connectivity index (χ1) is 16.1. The van der Waals surface area contributed by atoms with Crippen LogP contribution in [0.1, 0.15) is 42.4 Å². The lowest BCUT2D eigenvalue weighted by atomic mass is 10.1. The molecule has 170 valence electrons. The Morgan fingerprint density at radius 2 is 1.91 bits per heavy atom. The van der Waals surface area contributed by atoms with Crippen molar-refractivity contribution < 1.29 is 14.0 Å². The first kappa shape index (κ1) is 22.4. The lowest BCUT2D eigenvalue weighted by molar-refractivity contribution is -0.121. The van der Waals surface area contributed by atoms with Gasteiger partial charge in [0.1, 0.15) is 0 Å². The van der Waals surface area contributed by atoms with E-state index in [0.29, 0.717) is 33.8 Å². The molecule has 10 heteroatoms. The number of unbranched alkanes of at least 4 members (excludes halogenated alkanes) is 2. The Kier molecular flexibility index (Phi) is 6.94. The number of hydrogen-bond donors (Lipinski definition) is 2. The van der Waals surface area contributed by atoms with Crippen molar-refractivity contribution in [3.63, 3.8) is 0 Å². The number of aryl methyl sites for hydroxylation is 1. The number of rotatable bonds is 8. The third kappa shape index (κ3) is 5.17. The van der Waals surface area contributed by atoms with Crippen LogP contribution in [0.5, 0.6) is 0 Å². The van der Waals surface area contributed by atoms with Crippen LogP contribution in [0.3, 0.4) is 0 Å². The Balaban J connectivity index is 1.45. The number of nitrogens with one attached hydrogen (secondary N) is 2. The fourth-order valence-corrected chi connectivity index (χ4v) is 4.15. The first-order valence-electron chi connectivity index (χ1n) is 10.6. The third-order valence-corrected chi connectivity index (χ3v) is 5.90. The predicted octanol–water partition coefficient (Wildman–Crippen LogP) is 3.31. The van der Waals surface area contributed by atoms with Gasteiger partial charge < -0.3 is 4.42 Å². The van der Waals surface area contributed by atoms with E-state index in [-0.39, 0.29) is 17.7 Å². The van der Waals surface area contributed by atoms with E-state index in [2.05, 4.69) is 27.9 Å². The number of hydrogen-bond acceptors (Lipinski definition) is 7. The molecular weight excluding hydrogens is 442 g/mol. The zero-order valence-corrected chi connectivity index (χ0v) is 18.9. The highest BCUT2D eigenvalue weighted by molar-refractivity contribution is 7.13. The van der Waals surface area contributed by atoms with Gasteiger partial charge in [-0.05, 0) is 24.6 Å². The molecule has 0 saturated carbocycles. The number of carbonyl (C=O) groups excluding carboxylic acids is 2. The van der Waals surface area contributed by atoms with Crippen LogP contribution in [-0.4, -0.2) is 26.6 Å². The van der Waals surface area contributed by atoms with Crippen molar-refractivity contribution in [1.29, 1.82) is 0 Å². The Labute approximate surface area is 193 Å². The van der Waals surface area contributed by atoms with Gasteiger partial charge in [-0.1, -0.05) is 38.0 Å². The number of hydrazine groups is 1.